The van der Waals surface area contributed by atoms with Crippen LogP contribution in [0.15, 0.2) is 47.6 Å². The van der Waals surface area contributed by atoms with E-state index < -0.39 is 5.97 Å². The highest BCUT2D eigenvalue weighted by atomic mass is 35.5. The Morgan fingerprint density at radius 2 is 1.95 bits per heavy atom. The first-order valence-corrected chi connectivity index (χ1v) is 6.82. The zero-order valence-corrected chi connectivity index (χ0v) is 12.6. The van der Waals surface area contributed by atoms with Crippen molar-refractivity contribution < 1.29 is 9.90 Å². The molecule has 0 bridgehead atoms. The number of aromatic carboxylic acids is 1. The molecule has 2 N–H and O–H groups in total. The highest BCUT2D eigenvalue weighted by Gasteiger charge is 2.09. The molecule has 0 saturated carbocycles. The Morgan fingerprint density at radius 1 is 1.19 bits per heavy atom. The fourth-order valence-electron chi connectivity index (χ4n) is 1.69. The Bertz CT molecular complexity index is 715. The number of hydrazone groups is 1. The largest absolute Gasteiger partial charge is 0.478 e. The summed E-state index contributed by atoms with van der Waals surface area (Å²) in [7, 11) is 0. The molecule has 6 heteroatoms. The van der Waals surface area contributed by atoms with Gasteiger partial charge in [-0.3, -0.25) is 5.43 Å². The number of carboxylic acids is 1. The Morgan fingerprint density at radius 3 is 2.62 bits per heavy atom. The first-order chi connectivity index (χ1) is 9.97. The molecule has 0 fully saturated rings. The van der Waals surface area contributed by atoms with Gasteiger partial charge in [-0.2, -0.15) is 5.10 Å². The highest BCUT2D eigenvalue weighted by molar-refractivity contribution is 6.33. The van der Waals surface area contributed by atoms with E-state index >= 15 is 0 Å². The molecular weight excluding hydrogens is 311 g/mol. The SMILES string of the molecule is C/C(=N/Nc1ccc(Cl)c(C(=O)O)c1)c1cccc(Cl)c1. The van der Waals surface area contributed by atoms with E-state index in [0.717, 1.165) is 11.3 Å². The zero-order chi connectivity index (χ0) is 15.4. The van der Waals surface area contributed by atoms with Crippen LogP contribution in [-0.4, -0.2) is 16.8 Å². The molecule has 0 radical (unpaired) electrons. The summed E-state index contributed by atoms with van der Waals surface area (Å²) in [5.74, 6) is -1.08. The molecule has 0 saturated heterocycles. The Labute approximate surface area is 132 Å². The Hall–Kier alpha value is -2.04. The van der Waals surface area contributed by atoms with E-state index in [-0.39, 0.29) is 10.6 Å². The van der Waals surface area contributed by atoms with Crippen molar-refractivity contribution in [3.05, 3.63) is 63.6 Å². The molecule has 0 amide bonds. The molecule has 0 aliphatic heterocycles. The number of benzene rings is 2. The third kappa shape index (κ3) is 3.97. The number of hydrogen-bond acceptors (Lipinski definition) is 3. The molecule has 0 atom stereocenters. The summed E-state index contributed by atoms with van der Waals surface area (Å²) in [5, 5.41) is 14.0. The van der Waals surface area contributed by atoms with Crippen LogP contribution in [0, 0.1) is 0 Å². The summed E-state index contributed by atoms with van der Waals surface area (Å²) < 4.78 is 0. The highest BCUT2D eigenvalue weighted by Crippen LogP contribution is 2.21. The quantitative estimate of drug-likeness (QED) is 0.642. The smallest absolute Gasteiger partial charge is 0.337 e. The van der Waals surface area contributed by atoms with Crippen molar-refractivity contribution in [1.29, 1.82) is 0 Å². The van der Waals surface area contributed by atoms with Crippen LogP contribution in [0.4, 0.5) is 5.69 Å². The number of anilines is 1. The van der Waals surface area contributed by atoms with Crippen LogP contribution in [-0.2, 0) is 0 Å². The van der Waals surface area contributed by atoms with Gasteiger partial charge in [-0.15, -0.1) is 0 Å². The second-order valence-electron chi connectivity index (χ2n) is 4.32. The van der Waals surface area contributed by atoms with Crippen LogP contribution in [0.3, 0.4) is 0 Å². The van der Waals surface area contributed by atoms with Crippen LogP contribution in [0.25, 0.3) is 0 Å². The summed E-state index contributed by atoms with van der Waals surface area (Å²) in [6.07, 6.45) is 0. The van der Waals surface area contributed by atoms with E-state index in [9.17, 15) is 4.79 Å². The molecule has 4 nitrogen and oxygen atoms in total. The minimum atomic E-state index is -1.08. The second kappa shape index (κ2) is 6.61. The lowest BCUT2D eigenvalue weighted by molar-refractivity contribution is 0.0697. The molecule has 108 valence electrons. The normalized spacial score (nSPS) is 11.3. The molecule has 0 heterocycles. The van der Waals surface area contributed by atoms with E-state index in [4.69, 9.17) is 28.3 Å². The van der Waals surface area contributed by atoms with Gasteiger partial charge in [-0.1, -0.05) is 35.3 Å². The summed E-state index contributed by atoms with van der Waals surface area (Å²) in [6.45, 7) is 1.83. The van der Waals surface area contributed by atoms with Crippen molar-refractivity contribution in [3.8, 4) is 0 Å². The fraction of sp³-hybridized carbons (Fsp3) is 0.0667. The zero-order valence-electron chi connectivity index (χ0n) is 11.1. The number of carbonyl (C=O) groups is 1. The lowest BCUT2D eigenvalue weighted by Gasteiger charge is -2.06. The first kappa shape index (κ1) is 15.4. The lowest BCUT2D eigenvalue weighted by Crippen LogP contribution is -2.02. The van der Waals surface area contributed by atoms with Gasteiger partial charge in [0, 0.05) is 5.02 Å². The van der Waals surface area contributed by atoms with Gasteiger partial charge in [0.15, 0.2) is 0 Å². The standard InChI is InChI=1S/C15H12Cl2N2O2/c1-9(10-3-2-4-11(16)7-10)18-19-12-5-6-14(17)13(8-12)15(20)21/h2-8,19H,1H3,(H,20,21)/b18-9-. The summed E-state index contributed by atoms with van der Waals surface area (Å²) in [5.41, 5.74) is 4.98. The number of nitrogens with one attached hydrogen (secondary N) is 1. The third-order valence-electron chi connectivity index (χ3n) is 2.79. The van der Waals surface area contributed by atoms with Gasteiger partial charge in [-0.05, 0) is 42.8 Å². The van der Waals surface area contributed by atoms with E-state index in [0.29, 0.717) is 10.7 Å². The van der Waals surface area contributed by atoms with E-state index in [1.165, 1.54) is 12.1 Å². The number of hydrogen-bond donors (Lipinski definition) is 2. The Balaban J connectivity index is 2.21. The van der Waals surface area contributed by atoms with E-state index in [2.05, 4.69) is 10.5 Å². The van der Waals surface area contributed by atoms with Crippen molar-refractivity contribution in [2.24, 2.45) is 5.10 Å². The molecule has 2 aromatic carbocycles. The van der Waals surface area contributed by atoms with Crippen LogP contribution < -0.4 is 5.43 Å². The van der Waals surface area contributed by atoms with Crippen LogP contribution >= 0.6 is 23.2 Å². The van der Waals surface area contributed by atoms with Crippen molar-refractivity contribution in [2.45, 2.75) is 6.92 Å². The molecule has 0 aromatic heterocycles. The van der Waals surface area contributed by atoms with Crippen molar-refractivity contribution in [2.75, 3.05) is 5.43 Å². The Kier molecular flexibility index (Phi) is 4.83. The maximum absolute atomic E-state index is 11.0. The lowest BCUT2D eigenvalue weighted by atomic mass is 10.1. The minimum absolute atomic E-state index is 0.0253. The average Bonchev–Trinajstić information content (AvgIpc) is 2.45. The first-order valence-electron chi connectivity index (χ1n) is 6.06. The van der Waals surface area contributed by atoms with Gasteiger partial charge in [0.1, 0.15) is 0 Å². The molecule has 0 aliphatic carbocycles. The van der Waals surface area contributed by atoms with E-state index in [1.54, 1.807) is 18.2 Å². The summed E-state index contributed by atoms with van der Waals surface area (Å²) >= 11 is 11.7. The predicted molar refractivity (Wildman–Crippen MR) is 85.7 cm³/mol. The second-order valence-corrected chi connectivity index (χ2v) is 5.16. The topological polar surface area (TPSA) is 61.7 Å². The minimum Gasteiger partial charge on any atom is -0.478 e. The van der Waals surface area contributed by atoms with Crippen molar-refractivity contribution in [3.63, 3.8) is 0 Å². The van der Waals surface area contributed by atoms with Crippen LogP contribution in [0.1, 0.15) is 22.8 Å². The molecule has 0 unspecified atom stereocenters. The molecule has 2 aromatic rings. The fourth-order valence-corrected chi connectivity index (χ4v) is 2.07. The average molecular weight is 323 g/mol. The van der Waals surface area contributed by atoms with Gasteiger partial charge in [0.2, 0.25) is 0 Å². The van der Waals surface area contributed by atoms with Gasteiger partial charge >= 0.3 is 5.97 Å². The maximum Gasteiger partial charge on any atom is 0.337 e. The van der Waals surface area contributed by atoms with Gasteiger partial charge < -0.3 is 5.11 Å². The predicted octanol–water partition coefficient (Wildman–Crippen LogP) is 4.53. The third-order valence-corrected chi connectivity index (χ3v) is 3.36. The van der Waals surface area contributed by atoms with Crippen LogP contribution in [0.2, 0.25) is 10.0 Å². The van der Waals surface area contributed by atoms with Crippen molar-refractivity contribution in [1.82, 2.24) is 0 Å². The number of rotatable bonds is 4. The molecule has 0 spiro atoms. The number of halogens is 2. The van der Waals surface area contributed by atoms with E-state index in [1.807, 2.05) is 19.1 Å². The summed E-state index contributed by atoms with van der Waals surface area (Å²) in [6, 6.07) is 11.9. The molecular formula is C15H12Cl2N2O2. The van der Waals surface area contributed by atoms with Crippen LogP contribution in [0.5, 0.6) is 0 Å². The molecule has 21 heavy (non-hydrogen) atoms. The van der Waals surface area contributed by atoms with Crippen molar-refractivity contribution >= 4 is 40.6 Å². The van der Waals surface area contributed by atoms with Gasteiger partial charge in [-0.25, -0.2) is 4.79 Å². The number of carboxylic acid groups (broad SMARTS) is 1. The summed E-state index contributed by atoms with van der Waals surface area (Å²) in [4.78, 5) is 11.0. The number of nitrogens with zero attached hydrogens (tertiary/aromatic N) is 1. The molecule has 0 aliphatic rings. The van der Waals surface area contributed by atoms with Gasteiger partial charge in [0.05, 0.1) is 22.0 Å². The maximum atomic E-state index is 11.0. The van der Waals surface area contributed by atoms with Gasteiger partial charge in [0.25, 0.3) is 0 Å². The molecule has 2 rings (SSSR count). The monoisotopic (exact) mass is 322 g/mol.